The van der Waals surface area contributed by atoms with Crippen LogP contribution in [-0.4, -0.2) is 21.6 Å². The third kappa shape index (κ3) is 3.72. The molecule has 1 aromatic carbocycles. The first-order valence-corrected chi connectivity index (χ1v) is 6.77. The molecule has 0 bridgehead atoms. The van der Waals surface area contributed by atoms with Gasteiger partial charge in [0, 0.05) is 29.7 Å². The molecule has 2 aromatic rings. The Morgan fingerprint density at radius 1 is 1.42 bits per heavy atom. The maximum absolute atomic E-state index is 11.8. The van der Waals surface area contributed by atoms with Gasteiger partial charge in [-0.25, -0.2) is 4.68 Å². The predicted octanol–water partition coefficient (Wildman–Crippen LogP) is 3.48. The number of halogens is 2. The molecule has 100 valence electrons. The molecule has 0 atom stereocenters. The maximum atomic E-state index is 11.8. The monoisotopic (exact) mass is 297 g/mol. The third-order valence-electron chi connectivity index (χ3n) is 2.52. The lowest BCUT2D eigenvalue weighted by atomic mass is 10.2. The predicted molar refractivity (Wildman–Crippen MR) is 77.2 cm³/mol. The van der Waals surface area contributed by atoms with Crippen LogP contribution in [0.3, 0.4) is 0 Å². The van der Waals surface area contributed by atoms with Gasteiger partial charge in [-0.05, 0) is 30.7 Å². The smallest absolute Gasteiger partial charge is 0.224 e. The van der Waals surface area contributed by atoms with Crippen molar-refractivity contribution < 1.29 is 4.79 Å². The van der Waals surface area contributed by atoms with Crippen LogP contribution in [0, 0.1) is 0 Å². The van der Waals surface area contributed by atoms with Crippen LogP contribution in [0.25, 0.3) is 5.69 Å². The Morgan fingerprint density at radius 3 is 2.95 bits per heavy atom. The fourth-order valence-electron chi connectivity index (χ4n) is 1.66. The van der Waals surface area contributed by atoms with E-state index in [9.17, 15) is 4.79 Å². The largest absolute Gasteiger partial charge is 0.324 e. The number of carbonyl (C=O) groups is 1. The van der Waals surface area contributed by atoms with Crippen LogP contribution in [0.2, 0.25) is 5.02 Å². The number of hydrogen-bond acceptors (Lipinski definition) is 2. The van der Waals surface area contributed by atoms with Crippen molar-refractivity contribution in [1.82, 2.24) is 9.78 Å². The van der Waals surface area contributed by atoms with Gasteiger partial charge in [-0.1, -0.05) is 11.6 Å². The van der Waals surface area contributed by atoms with Crippen LogP contribution in [0.5, 0.6) is 0 Å². The first-order valence-electron chi connectivity index (χ1n) is 5.86. The summed E-state index contributed by atoms with van der Waals surface area (Å²) >= 11 is 11.5. The summed E-state index contributed by atoms with van der Waals surface area (Å²) in [6.45, 7) is 0. The van der Waals surface area contributed by atoms with Gasteiger partial charge in [-0.2, -0.15) is 5.10 Å². The molecule has 0 spiro atoms. The van der Waals surface area contributed by atoms with Crippen molar-refractivity contribution in [3.63, 3.8) is 0 Å². The molecule has 0 aliphatic carbocycles. The molecule has 0 aliphatic rings. The third-order valence-corrected chi connectivity index (χ3v) is 3.02. The van der Waals surface area contributed by atoms with E-state index >= 15 is 0 Å². The van der Waals surface area contributed by atoms with Crippen LogP contribution < -0.4 is 5.32 Å². The highest BCUT2D eigenvalue weighted by atomic mass is 35.5. The van der Waals surface area contributed by atoms with E-state index in [-0.39, 0.29) is 5.91 Å². The van der Waals surface area contributed by atoms with Gasteiger partial charge >= 0.3 is 0 Å². The second kappa shape index (κ2) is 6.59. The molecule has 1 heterocycles. The SMILES string of the molecule is O=C(CCCCl)Nc1cc(Cl)ccc1-n1cccn1. The lowest BCUT2D eigenvalue weighted by Crippen LogP contribution is -2.13. The molecule has 1 amide bonds. The highest BCUT2D eigenvalue weighted by Gasteiger charge is 2.09. The number of aromatic nitrogens is 2. The Morgan fingerprint density at radius 2 is 2.26 bits per heavy atom. The minimum atomic E-state index is -0.0867. The normalized spacial score (nSPS) is 10.4. The van der Waals surface area contributed by atoms with Crippen molar-refractivity contribution in [2.45, 2.75) is 12.8 Å². The Balaban J connectivity index is 2.23. The highest BCUT2D eigenvalue weighted by Crippen LogP contribution is 2.24. The zero-order valence-electron chi connectivity index (χ0n) is 10.1. The molecule has 4 nitrogen and oxygen atoms in total. The van der Waals surface area contributed by atoms with E-state index in [1.165, 1.54) is 0 Å². The van der Waals surface area contributed by atoms with E-state index in [2.05, 4.69) is 10.4 Å². The van der Waals surface area contributed by atoms with Crippen LogP contribution >= 0.6 is 23.2 Å². The molecule has 19 heavy (non-hydrogen) atoms. The van der Waals surface area contributed by atoms with Gasteiger partial charge in [0.2, 0.25) is 5.91 Å². The lowest BCUT2D eigenvalue weighted by molar-refractivity contribution is -0.116. The summed E-state index contributed by atoms with van der Waals surface area (Å²) < 4.78 is 1.67. The standard InChI is InChI=1S/C13H13Cl2N3O/c14-6-1-3-13(19)17-11-9-10(15)4-5-12(11)18-8-2-7-16-18/h2,4-5,7-9H,1,3,6H2,(H,17,19). The van der Waals surface area contributed by atoms with E-state index in [0.717, 1.165) is 5.69 Å². The number of rotatable bonds is 5. The Hall–Kier alpha value is -1.52. The van der Waals surface area contributed by atoms with E-state index in [1.54, 1.807) is 29.2 Å². The molecule has 2 rings (SSSR count). The average molecular weight is 298 g/mol. The van der Waals surface area contributed by atoms with Crippen molar-refractivity contribution in [3.05, 3.63) is 41.7 Å². The van der Waals surface area contributed by atoms with Gasteiger partial charge < -0.3 is 5.32 Å². The molecular formula is C13H13Cl2N3O. The van der Waals surface area contributed by atoms with Crippen molar-refractivity contribution in [3.8, 4) is 5.69 Å². The molecule has 0 saturated carbocycles. The summed E-state index contributed by atoms with van der Waals surface area (Å²) in [6, 6.07) is 7.09. The number of amides is 1. The van der Waals surface area contributed by atoms with Gasteiger partial charge in [0.25, 0.3) is 0 Å². The summed E-state index contributed by atoms with van der Waals surface area (Å²) in [5, 5.41) is 7.54. The van der Waals surface area contributed by atoms with Crippen molar-refractivity contribution in [2.24, 2.45) is 0 Å². The summed E-state index contributed by atoms with van der Waals surface area (Å²) in [5.41, 5.74) is 1.41. The molecule has 6 heteroatoms. The van der Waals surface area contributed by atoms with E-state index in [1.807, 2.05) is 12.1 Å². The number of carbonyl (C=O) groups excluding carboxylic acids is 1. The number of alkyl halides is 1. The second-order valence-electron chi connectivity index (χ2n) is 3.95. The Kier molecular flexibility index (Phi) is 4.82. The van der Waals surface area contributed by atoms with Crippen molar-refractivity contribution in [1.29, 1.82) is 0 Å². The number of nitrogens with one attached hydrogen (secondary N) is 1. The second-order valence-corrected chi connectivity index (χ2v) is 4.77. The van der Waals surface area contributed by atoms with Gasteiger partial charge in [0.05, 0.1) is 11.4 Å². The van der Waals surface area contributed by atoms with E-state index in [4.69, 9.17) is 23.2 Å². The van der Waals surface area contributed by atoms with Gasteiger partial charge in [-0.15, -0.1) is 11.6 Å². The first kappa shape index (κ1) is 13.9. The number of anilines is 1. The summed E-state index contributed by atoms with van der Waals surface area (Å²) in [7, 11) is 0. The van der Waals surface area contributed by atoms with Crippen LogP contribution in [0.1, 0.15) is 12.8 Å². The molecular weight excluding hydrogens is 285 g/mol. The minimum absolute atomic E-state index is 0.0867. The van der Waals surface area contributed by atoms with E-state index in [0.29, 0.717) is 29.4 Å². The van der Waals surface area contributed by atoms with E-state index < -0.39 is 0 Å². The molecule has 0 aliphatic heterocycles. The molecule has 0 unspecified atom stereocenters. The van der Waals surface area contributed by atoms with Crippen molar-refractivity contribution >= 4 is 34.8 Å². The Bertz CT molecular complexity index is 555. The maximum Gasteiger partial charge on any atom is 0.224 e. The molecule has 0 radical (unpaired) electrons. The summed E-state index contributed by atoms with van der Waals surface area (Å²) in [5.74, 6) is 0.381. The van der Waals surface area contributed by atoms with Crippen molar-refractivity contribution in [2.75, 3.05) is 11.2 Å². The van der Waals surface area contributed by atoms with Gasteiger partial charge in [0.15, 0.2) is 0 Å². The molecule has 0 saturated heterocycles. The summed E-state index contributed by atoms with van der Waals surface area (Å²) in [6.07, 6.45) is 4.50. The highest BCUT2D eigenvalue weighted by molar-refractivity contribution is 6.31. The van der Waals surface area contributed by atoms with Crippen LogP contribution in [-0.2, 0) is 4.79 Å². The number of benzene rings is 1. The fraction of sp³-hybridized carbons (Fsp3) is 0.231. The Labute approximate surface area is 121 Å². The quantitative estimate of drug-likeness (QED) is 0.859. The number of nitrogens with zero attached hydrogens (tertiary/aromatic N) is 2. The average Bonchev–Trinajstić information content (AvgIpc) is 2.90. The van der Waals surface area contributed by atoms with Crippen LogP contribution in [0.15, 0.2) is 36.7 Å². The van der Waals surface area contributed by atoms with Crippen LogP contribution in [0.4, 0.5) is 5.69 Å². The van der Waals surface area contributed by atoms with Gasteiger partial charge in [-0.3, -0.25) is 4.79 Å². The minimum Gasteiger partial charge on any atom is -0.324 e. The van der Waals surface area contributed by atoms with Gasteiger partial charge in [0.1, 0.15) is 0 Å². The molecule has 0 fully saturated rings. The first-order chi connectivity index (χ1) is 9.20. The molecule has 1 N–H and O–H groups in total. The summed E-state index contributed by atoms with van der Waals surface area (Å²) in [4.78, 5) is 11.8. The zero-order chi connectivity index (χ0) is 13.7. The lowest BCUT2D eigenvalue weighted by Gasteiger charge is -2.11. The zero-order valence-corrected chi connectivity index (χ0v) is 11.7. The molecule has 1 aromatic heterocycles. The fourth-order valence-corrected chi connectivity index (χ4v) is 1.97. The topological polar surface area (TPSA) is 46.9 Å². The number of hydrogen-bond donors (Lipinski definition) is 1.